The van der Waals surface area contributed by atoms with E-state index >= 15 is 0 Å². The Kier molecular flexibility index (Phi) is 1.53. The van der Waals surface area contributed by atoms with Crippen LogP contribution in [0.4, 0.5) is 0 Å². The molecule has 0 aromatic rings. The van der Waals surface area contributed by atoms with E-state index in [-0.39, 0.29) is 0 Å². The van der Waals surface area contributed by atoms with Crippen molar-refractivity contribution in [1.29, 1.82) is 0 Å². The average Bonchev–Trinajstić information content (AvgIpc) is 2.32. The number of nitrogens with two attached hydrogens (primary N) is 2. The molecule has 1 fully saturated rings. The van der Waals surface area contributed by atoms with Crippen LogP contribution in [0.25, 0.3) is 0 Å². The summed E-state index contributed by atoms with van der Waals surface area (Å²) >= 11 is 0. The normalized spacial score (nSPS) is 38.7. The van der Waals surface area contributed by atoms with Crippen LogP contribution < -0.4 is 11.5 Å². The van der Waals surface area contributed by atoms with Crippen molar-refractivity contribution in [3.63, 3.8) is 0 Å². The van der Waals surface area contributed by atoms with Crippen LogP contribution in [-0.2, 0) is 0 Å². The van der Waals surface area contributed by atoms with Gasteiger partial charge in [0, 0.05) is 0 Å². The van der Waals surface area contributed by atoms with Crippen molar-refractivity contribution >= 4 is 0 Å². The first kappa shape index (κ1) is 7.03. The number of rotatable bonds is 2. The molecule has 0 aromatic heterocycles. The summed E-state index contributed by atoms with van der Waals surface area (Å²) in [5, 5.41) is 0. The summed E-state index contributed by atoms with van der Waals surface area (Å²) in [6.07, 6.45) is 0. The first-order valence-corrected chi connectivity index (χ1v) is 3.54. The molecular weight excluding hydrogens is 112 g/mol. The maximum atomic E-state index is 5.52. The molecule has 0 aromatic carbocycles. The van der Waals surface area contributed by atoms with Crippen LogP contribution in [0.2, 0.25) is 0 Å². The standard InChI is InChI=1S/C7H16N2/c1-7(2)5(3-8)6(7)4-9/h5-6H,3-4,8-9H2,1-2H3/t5-,6-/m1/s1. The first-order chi connectivity index (χ1) is 4.14. The van der Waals surface area contributed by atoms with Gasteiger partial charge in [-0.25, -0.2) is 0 Å². The summed E-state index contributed by atoms with van der Waals surface area (Å²) in [6, 6.07) is 0. The first-order valence-electron chi connectivity index (χ1n) is 3.54. The van der Waals surface area contributed by atoms with Gasteiger partial charge in [0.2, 0.25) is 0 Å². The molecule has 0 saturated heterocycles. The fourth-order valence-corrected chi connectivity index (χ4v) is 1.79. The monoisotopic (exact) mass is 128 g/mol. The Hall–Kier alpha value is -0.0800. The maximum Gasteiger partial charge on any atom is -0.00403 e. The lowest BCUT2D eigenvalue weighted by Gasteiger charge is -1.97. The summed E-state index contributed by atoms with van der Waals surface area (Å²) in [4.78, 5) is 0. The molecular formula is C7H16N2. The van der Waals surface area contributed by atoms with Crippen LogP contribution in [-0.4, -0.2) is 13.1 Å². The van der Waals surface area contributed by atoms with E-state index in [1.165, 1.54) is 0 Å². The molecule has 0 aliphatic heterocycles. The second kappa shape index (κ2) is 1.96. The van der Waals surface area contributed by atoms with Gasteiger partial charge in [0.25, 0.3) is 0 Å². The quantitative estimate of drug-likeness (QED) is 0.557. The fourth-order valence-electron chi connectivity index (χ4n) is 1.79. The van der Waals surface area contributed by atoms with E-state index in [2.05, 4.69) is 13.8 Å². The Labute approximate surface area is 56.6 Å². The molecule has 1 saturated carbocycles. The lowest BCUT2D eigenvalue weighted by atomic mass is 10.1. The highest BCUT2D eigenvalue weighted by molar-refractivity contribution is 5.05. The lowest BCUT2D eigenvalue weighted by molar-refractivity contribution is 0.540. The van der Waals surface area contributed by atoms with Crippen molar-refractivity contribution in [2.45, 2.75) is 13.8 Å². The predicted molar refractivity (Wildman–Crippen MR) is 38.9 cm³/mol. The molecule has 2 heteroatoms. The van der Waals surface area contributed by atoms with Crippen molar-refractivity contribution in [3.05, 3.63) is 0 Å². The second-order valence-corrected chi connectivity index (χ2v) is 3.51. The van der Waals surface area contributed by atoms with Gasteiger partial charge < -0.3 is 11.5 Å². The molecule has 1 aliphatic carbocycles. The van der Waals surface area contributed by atoms with Crippen LogP contribution in [0.3, 0.4) is 0 Å². The number of hydrogen-bond donors (Lipinski definition) is 2. The molecule has 4 N–H and O–H groups in total. The maximum absolute atomic E-state index is 5.52. The fraction of sp³-hybridized carbons (Fsp3) is 1.00. The zero-order chi connectivity index (χ0) is 7.07. The Bertz CT molecular complexity index is 97.5. The Morgan fingerprint density at radius 2 is 1.44 bits per heavy atom. The van der Waals surface area contributed by atoms with Gasteiger partial charge >= 0.3 is 0 Å². The third-order valence-electron chi connectivity index (χ3n) is 2.80. The highest BCUT2D eigenvalue weighted by Gasteiger charge is 2.55. The average molecular weight is 128 g/mol. The largest absolute Gasteiger partial charge is 0.330 e. The molecule has 1 aliphatic rings. The zero-order valence-electron chi connectivity index (χ0n) is 6.22. The van der Waals surface area contributed by atoms with Gasteiger partial charge in [0.05, 0.1) is 0 Å². The minimum absolute atomic E-state index is 0.434. The van der Waals surface area contributed by atoms with Crippen molar-refractivity contribution in [3.8, 4) is 0 Å². The van der Waals surface area contributed by atoms with Crippen LogP contribution in [0.1, 0.15) is 13.8 Å². The molecule has 0 radical (unpaired) electrons. The van der Waals surface area contributed by atoms with E-state index < -0.39 is 0 Å². The highest BCUT2D eigenvalue weighted by Crippen LogP contribution is 2.56. The third kappa shape index (κ3) is 0.864. The Balaban J connectivity index is 2.45. The van der Waals surface area contributed by atoms with Gasteiger partial charge in [0.1, 0.15) is 0 Å². The molecule has 0 bridgehead atoms. The predicted octanol–water partition coefficient (Wildman–Crippen LogP) is 0.176. The van der Waals surface area contributed by atoms with E-state index in [1.807, 2.05) is 0 Å². The van der Waals surface area contributed by atoms with Gasteiger partial charge in [-0.1, -0.05) is 13.8 Å². The summed E-state index contributed by atoms with van der Waals surface area (Å²) in [5.41, 5.74) is 11.5. The Morgan fingerprint density at radius 3 is 1.56 bits per heavy atom. The molecule has 0 heterocycles. The van der Waals surface area contributed by atoms with Crippen molar-refractivity contribution < 1.29 is 0 Å². The van der Waals surface area contributed by atoms with Crippen LogP contribution in [0.15, 0.2) is 0 Å². The minimum atomic E-state index is 0.434. The molecule has 54 valence electrons. The molecule has 1 rings (SSSR count). The molecule has 2 nitrogen and oxygen atoms in total. The molecule has 0 amide bonds. The summed E-state index contributed by atoms with van der Waals surface area (Å²) in [6.45, 7) is 6.08. The zero-order valence-corrected chi connectivity index (χ0v) is 6.22. The molecule has 0 unspecified atom stereocenters. The van der Waals surface area contributed by atoms with Crippen LogP contribution in [0, 0.1) is 17.3 Å². The van der Waals surface area contributed by atoms with Crippen LogP contribution >= 0.6 is 0 Å². The Morgan fingerprint density at radius 1 is 1.11 bits per heavy atom. The van der Waals surface area contributed by atoms with Crippen molar-refractivity contribution in [2.75, 3.05) is 13.1 Å². The van der Waals surface area contributed by atoms with E-state index in [4.69, 9.17) is 11.5 Å². The highest BCUT2D eigenvalue weighted by atomic mass is 14.7. The molecule has 9 heavy (non-hydrogen) atoms. The van der Waals surface area contributed by atoms with Gasteiger partial charge in [-0.05, 0) is 30.3 Å². The third-order valence-corrected chi connectivity index (χ3v) is 2.80. The van der Waals surface area contributed by atoms with E-state index in [0.29, 0.717) is 17.3 Å². The van der Waals surface area contributed by atoms with E-state index in [9.17, 15) is 0 Å². The van der Waals surface area contributed by atoms with E-state index in [1.54, 1.807) is 0 Å². The van der Waals surface area contributed by atoms with E-state index in [0.717, 1.165) is 13.1 Å². The van der Waals surface area contributed by atoms with Crippen LogP contribution in [0.5, 0.6) is 0 Å². The molecule has 0 spiro atoms. The lowest BCUT2D eigenvalue weighted by Crippen LogP contribution is -2.08. The summed E-state index contributed by atoms with van der Waals surface area (Å²) < 4.78 is 0. The topological polar surface area (TPSA) is 52.0 Å². The summed E-state index contributed by atoms with van der Waals surface area (Å²) in [7, 11) is 0. The SMILES string of the molecule is CC1(C)[C@H](CN)[C@H]1CN. The smallest absolute Gasteiger partial charge is 0.00403 e. The van der Waals surface area contributed by atoms with Crippen molar-refractivity contribution in [1.82, 2.24) is 0 Å². The van der Waals surface area contributed by atoms with Gasteiger partial charge in [-0.2, -0.15) is 0 Å². The molecule has 2 atom stereocenters. The minimum Gasteiger partial charge on any atom is -0.330 e. The van der Waals surface area contributed by atoms with Gasteiger partial charge in [-0.3, -0.25) is 0 Å². The van der Waals surface area contributed by atoms with Crippen molar-refractivity contribution in [2.24, 2.45) is 28.7 Å². The number of hydrogen-bond acceptors (Lipinski definition) is 2. The summed E-state index contributed by atoms with van der Waals surface area (Å²) in [5.74, 6) is 1.37. The van der Waals surface area contributed by atoms with Gasteiger partial charge in [0.15, 0.2) is 0 Å². The van der Waals surface area contributed by atoms with Gasteiger partial charge in [-0.15, -0.1) is 0 Å². The second-order valence-electron chi connectivity index (χ2n) is 3.51.